The summed E-state index contributed by atoms with van der Waals surface area (Å²) in [7, 11) is 3.17. The van der Waals surface area contributed by atoms with Gasteiger partial charge in [0.2, 0.25) is 0 Å². The Hall–Kier alpha value is -3.22. The second kappa shape index (κ2) is 9.12. The summed E-state index contributed by atoms with van der Waals surface area (Å²) in [6.07, 6.45) is 0. The van der Waals surface area contributed by atoms with Gasteiger partial charge in [-0.1, -0.05) is 12.1 Å². The number of nitrogens with zero attached hydrogens (tertiary/aromatic N) is 1. The number of guanidine groups is 1. The number of nitrogens with two attached hydrogens (primary N) is 1. The van der Waals surface area contributed by atoms with Crippen LogP contribution in [0.1, 0.15) is 36.7 Å². The van der Waals surface area contributed by atoms with E-state index in [4.69, 9.17) is 15.2 Å². The van der Waals surface area contributed by atoms with Gasteiger partial charge in [-0.25, -0.2) is 4.99 Å². The number of rotatable bonds is 6. The molecule has 0 aromatic heterocycles. The summed E-state index contributed by atoms with van der Waals surface area (Å²) in [6, 6.07) is 12.7. The zero-order valence-corrected chi connectivity index (χ0v) is 17.0. The Morgan fingerprint density at radius 1 is 1.11 bits per heavy atom. The largest absolute Gasteiger partial charge is 0.497 e. The molecule has 0 aliphatic rings. The molecule has 7 heteroatoms. The zero-order valence-electron chi connectivity index (χ0n) is 17.0. The number of carbonyl (C=O) groups excluding carboxylic acids is 1. The van der Waals surface area contributed by atoms with Crippen molar-refractivity contribution >= 4 is 17.6 Å². The maximum Gasteiger partial charge on any atom is 0.251 e. The molecular weight excluding hydrogens is 356 g/mol. The van der Waals surface area contributed by atoms with E-state index in [2.05, 4.69) is 15.6 Å². The number of ether oxygens (including phenoxy) is 2. The van der Waals surface area contributed by atoms with E-state index < -0.39 is 0 Å². The first-order valence-corrected chi connectivity index (χ1v) is 8.92. The minimum atomic E-state index is -0.296. The van der Waals surface area contributed by atoms with Gasteiger partial charge in [0, 0.05) is 17.2 Å². The van der Waals surface area contributed by atoms with Crippen molar-refractivity contribution < 1.29 is 14.3 Å². The molecule has 0 spiro atoms. The minimum absolute atomic E-state index is 0.120. The molecule has 0 heterocycles. The predicted molar refractivity (Wildman–Crippen MR) is 112 cm³/mol. The normalized spacial score (nSPS) is 11.7. The molecule has 0 saturated heterocycles. The molecule has 2 aromatic rings. The first-order valence-electron chi connectivity index (χ1n) is 8.92. The number of hydrogen-bond acceptors (Lipinski definition) is 4. The van der Waals surface area contributed by atoms with E-state index in [1.165, 1.54) is 0 Å². The van der Waals surface area contributed by atoms with Gasteiger partial charge in [-0.2, -0.15) is 0 Å². The number of hydrogen-bond donors (Lipinski definition) is 3. The summed E-state index contributed by atoms with van der Waals surface area (Å²) >= 11 is 0. The predicted octanol–water partition coefficient (Wildman–Crippen LogP) is 3.16. The number of nitrogens with one attached hydrogen (secondary N) is 2. The molecule has 0 radical (unpaired) electrons. The zero-order chi connectivity index (χ0) is 20.7. The highest BCUT2D eigenvalue weighted by Crippen LogP contribution is 2.28. The van der Waals surface area contributed by atoms with Crippen LogP contribution in [0.15, 0.2) is 47.5 Å². The Balaban J connectivity index is 2.09. The van der Waals surface area contributed by atoms with E-state index in [1.807, 2.05) is 39.0 Å². The Labute approximate surface area is 165 Å². The fraction of sp³-hybridized carbons (Fsp3) is 0.333. The molecule has 0 atom stereocenters. The second-order valence-corrected chi connectivity index (χ2v) is 7.30. The number of amides is 1. The average molecular weight is 384 g/mol. The van der Waals surface area contributed by atoms with Crippen LogP contribution < -0.4 is 25.8 Å². The topological polar surface area (TPSA) is 98.0 Å². The highest BCUT2D eigenvalue weighted by molar-refractivity contribution is 5.95. The summed E-state index contributed by atoms with van der Waals surface area (Å²) in [5, 5.41) is 5.96. The number of benzene rings is 2. The van der Waals surface area contributed by atoms with Crippen LogP contribution in [0.4, 0.5) is 5.69 Å². The van der Waals surface area contributed by atoms with Crippen molar-refractivity contribution in [3.05, 3.63) is 53.6 Å². The lowest BCUT2D eigenvalue weighted by atomic mass is 10.1. The first kappa shape index (κ1) is 21.1. The van der Waals surface area contributed by atoms with Gasteiger partial charge in [-0.05, 0) is 50.6 Å². The molecule has 2 rings (SSSR count). The molecule has 0 fully saturated rings. The van der Waals surface area contributed by atoms with Crippen LogP contribution in [0, 0.1) is 0 Å². The number of aliphatic imine (C=N–C) groups is 1. The van der Waals surface area contributed by atoms with Gasteiger partial charge in [0.15, 0.2) is 5.96 Å². The van der Waals surface area contributed by atoms with E-state index in [9.17, 15) is 4.79 Å². The third-order valence-electron chi connectivity index (χ3n) is 3.78. The number of carbonyl (C=O) groups is 1. The number of anilines is 1. The van der Waals surface area contributed by atoms with E-state index in [0.717, 1.165) is 5.56 Å². The Morgan fingerprint density at radius 3 is 2.50 bits per heavy atom. The van der Waals surface area contributed by atoms with Crippen molar-refractivity contribution in [1.82, 2.24) is 5.32 Å². The third kappa shape index (κ3) is 6.19. The molecule has 0 aliphatic heterocycles. The van der Waals surface area contributed by atoms with Crippen molar-refractivity contribution in [3.8, 4) is 11.5 Å². The Morgan fingerprint density at radius 2 is 1.86 bits per heavy atom. The number of methoxy groups -OCH3 is 2. The summed E-state index contributed by atoms with van der Waals surface area (Å²) < 4.78 is 10.5. The average Bonchev–Trinajstić information content (AvgIpc) is 2.65. The fourth-order valence-electron chi connectivity index (χ4n) is 2.49. The monoisotopic (exact) mass is 384 g/mol. The maximum absolute atomic E-state index is 12.3. The maximum atomic E-state index is 12.3. The Bertz CT molecular complexity index is 857. The lowest BCUT2D eigenvalue weighted by Crippen LogP contribution is -2.40. The molecule has 0 saturated carbocycles. The molecule has 1 amide bonds. The van der Waals surface area contributed by atoms with Crippen molar-refractivity contribution in [2.45, 2.75) is 32.9 Å². The van der Waals surface area contributed by atoms with Gasteiger partial charge in [-0.3, -0.25) is 4.79 Å². The lowest BCUT2D eigenvalue weighted by molar-refractivity contribution is 0.0919. The molecular formula is C21H28N4O3. The summed E-state index contributed by atoms with van der Waals surface area (Å²) in [5.74, 6) is 1.41. The van der Waals surface area contributed by atoms with Crippen molar-refractivity contribution in [2.24, 2.45) is 10.7 Å². The van der Waals surface area contributed by atoms with Gasteiger partial charge in [-0.15, -0.1) is 0 Å². The van der Waals surface area contributed by atoms with Gasteiger partial charge in [0.1, 0.15) is 11.5 Å². The van der Waals surface area contributed by atoms with Crippen LogP contribution in [0.25, 0.3) is 0 Å². The van der Waals surface area contributed by atoms with E-state index in [0.29, 0.717) is 29.3 Å². The minimum Gasteiger partial charge on any atom is -0.497 e. The molecule has 28 heavy (non-hydrogen) atoms. The Kier molecular flexibility index (Phi) is 6.87. The molecule has 4 N–H and O–H groups in total. The van der Waals surface area contributed by atoms with Gasteiger partial charge < -0.3 is 25.8 Å². The van der Waals surface area contributed by atoms with Crippen molar-refractivity contribution in [1.29, 1.82) is 0 Å². The first-order chi connectivity index (χ1) is 13.2. The molecule has 2 aromatic carbocycles. The van der Waals surface area contributed by atoms with Crippen LogP contribution in [-0.2, 0) is 6.54 Å². The lowest BCUT2D eigenvalue weighted by Gasteiger charge is -2.20. The molecule has 7 nitrogen and oxygen atoms in total. The quantitative estimate of drug-likeness (QED) is 0.525. The molecule has 0 unspecified atom stereocenters. The standard InChI is InChI=1S/C21H28N4O3/c1-21(2,3)25-19(26)15-8-6-7-14(11-15)13-23-20(22)24-17-12-16(27-4)9-10-18(17)28-5/h6-12H,13H2,1-5H3,(H,25,26)(H3,22,23,24). The molecule has 0 aliphatic carbocycles. The highest BCUT2D eigenvalue weighted by atomic mass is 16.5. The van der Waals surface area contributed by atoms with Gasteiger partial charge >= 0.3 is 0 Å². The van der Waals surface area contributed by atoms with Gasteiger partial charge in [0.05, 0.1) is 26.5 Å². The SMILES string of the molecule is COc1ccc(OC)c(NC(N)=NCc2cccc(C(=O)NC(C)(C)C)c2)c1. The van der Waals surface area contributed by atoms with E-state index >= 15 is 0 Å². The summed E-state index contributed by atoms with van der Waals surface area (Å²) in [4.78, 5) is 16.7. The van der Waals surface area contributed by atoms with Crippen LogP contribution in [0.2, 0.25) is 0 Å². The van der Waals surface area contributed by atoms with Gasteiger partial charge in [0.25, 0.3) is 5.91 Å². The smallest absolute Gasteiger partial charge is 0.251 e. The molecule has 0 bridgehead atoms. The second-order valence-electron chi connectivity index (χ2n) is 7.30. The van der Waals surface area contributed by atoms with Crippen molar-refractivity contribution in [2.75, 3.05) is 19.5 Å². The summed E-state index contributed by atoms with van der Waals surface area (Å²) in [6.45, 7) is 6.16. The van der Waals surface area contributed by atoms with E-state index in [-0.39, 0.29) is 17.4 Å². The summed E-state index contributed by atoms with van der Waals surface area (Å²) in [5.41, 5.74) is 7.84. The fourth-order valence-corrected chi connectivity index (χ4v) is 2.49. The highest BCUT2D eigenvalue weighted by Gasteiger charge is 2.15. The molecule has 150 valence electrons. The van der Waals surface area contributed by atoms with Crippen LogP contribution in [-0.4, -0.2) is 31.6 Å². The van der Waals surface area contributed by atoms with E-state index in [1.54, 1.807) is 38.5 Å². The van der Waals surface area contributed by atoms with Crippen LogP contribution >= 0.6 is 0 Å². The van der Waals surface area contributed by atoms with Crippen molar-refractivity contribution in [3.63, 3.8) is 0 Å². The van der Waals surface area contributed by atoms with Crippen LogP contribution in [0.3, 0.4) is 0 Å². The van der Waals surface area contributed by atoms with Crippen LogP contribution in [0.5, 0.6) is 11.5 Å². The third-order valence-corrected chi connectivity index (χ3v) is 3.78.